The normalized spacial score (nSPS) is 30.0. The predicted octanol–water partition coefficient (Wildman–Crippen LogP) is 0.779. The van der Waals surface area contributed by atoms with Crippen molar-refractivity contribution in [3.8, 4) is 0 Å². The summed E-state index contributed by atoms with van der Waals surface area (Å²) in [7, 11) is -0.907. The standard InChI is InChI=1S/C10H16O4S/c11-9(12)5-10(2-3-10)7-15(13)8-1-4-14-6-8/h8H,1-7H2,(H,11,12). The van der Waals surface area contributed by atoms with Gasteiger partial charge < -0.3 is 9.84 Å². The van der Waals surface area contributed by atoms with Crippen LogP contribution in [0.3, 0.4) is 0 Å². The summed E-state index contributed by atoms with van der Waals surface area (Å²) >= 11 is 0. The lowest BCUT2D eigenvalue weighted by Crippen LogP contribution is -2.24. The van der Waals surface area contributed by atoms with E-state index in [0.717, 1.165) is 19.3 Å². The fourth-order valence-corrected chi connectivity index (χ4v) is 3.85. The molecule has 0 aromatic rings. The summed E-state index contributed by atoms with van der Waals surface area (Å²) in [6.45, 7) is 1.28. The minimum atomic E-state index is -0.907. The molecule has 1 aliphatic heterocycles. The van der Waals surface area contributed by atoms with E-state index in [4.69, 9.17) is 9.84 Å². The number of rotatable bonds is 5. The Balaban J connectivity index is 1.85. The van der Waals surface area contributed by atoms with E-state index < -0.39 is 16.8 Å². The highest BCUT2D eigenvalue weighted by atomic mass is 32.2. The third kappa shape index (κ3) is 2.78. The maximum absolute atomic E-state index is 11.9. The van der Waals surface area contributed by atoms with Crippen LogP contribution in [0.25, 0.3) is 0 Å². The average Bonchev–Trinajstić information content (AvgIpc) is 2.68. The molecule has 0 bridgehead atoms. The van der Waals surface area contributed by atoms with Gasteiger partial charge >= 0.3 is 5.97 Å². The van der Waals surface area contributed by atoms with Gasteiger partial charge in [0.25, 0.3) is 0 Å². The molecule has 2 unspecified atom stereocenters. The van der Waals surface area contributed by atoms with Crippen molar-refractivity contribution >= 4 is 16.8 Å². The topological polar surface area (TPSA) is 63.6 Å². The Bertz CT molecular complexity index is 279. The van der Waals surface area contributed by atoms with Crippen LogP contribution in [0.5, 0.6) is 0 Å². The van der Waals surface area contributed by atoms with Gasteiger partial charge in [-0.05, 0) is 24.7 Å². The third-order valence-corrected chi connectivity index (χ3v) is 5.20. The first-order valence-corrected chi connectivity index (χ1v) is 6.66. The number of hydrogen-bond donors (Lipinski definition) is 1. The molecular weight excluding hydrogens is 216 g/mol. The lowest BCUT2D eigenvalue weighted by atomic mass is 10.1. The molecule has 2 atom stereocenters. The summed E-state index contributed by atoms with van der Waals surface area (Å²) in [5, 5.41) is 8.88. The molecule has 86 valence electrons. The van der Waals surface area contributed by atoms with Crippen LogP contribution in [-0.4, -0.2) is 39.5 Å². The Morgan fingerprint density at radius 2 is 2.27 bits per heavy atom. The van der Waals surface area contributed by atoms with Gasteiger partial charge in [-0.2, -0.15) is 0 Å². The molecular formula is C10H16O4S. The SMILES string of the molecule is O=C(O)CC1(CS(=O)C2CCOC2)CC1. The zero-order valence-electron chi connectivity index (χ0n) is 8.61. The molecule has 2 fully saturated rings. The molecule has 5 heteroatoms. The van der Waals surface area contributed by atoms with Crippen LogP contribution in [0.4, 0.5) is 0 Å². The highest BCUT2D eigenvalue weighted by Crippen LogP contribution is 2.49. The molecule has 1 N–H and O–H groups in total. The first-order chi connectivity index (χ1) is 7.11. The van der Waals surface area contributed by atoms with Gasteiger partial charge in [-0.15, -0.1) is 0 Å². The summed E-state index contributed by atoms with van der Waals surface area (Å²) in [6.07, 6.45) is 2.86. The molecule has 2 aliphatic rings. The Hall–Kier alpha value is -0.420. The summed E-state index contributed by atoms with van der Waals surface area (Å²) < 4.78 is 17.1. The van der Waals surface area contributed by atoms with E-state index in [2.05, 4.69) is 0 Å². The molecule has 1 aliphatic carbocycles. The monoisotopic (exact) mass is 232 g/mol. The van der Waals surface area contributed by atoms with E-state index in [1.165, 1.54) is 0 Å². The van der Waals surface area contributed by atoms with Crippen molar-refractivity contribution in [1.29, 1.82) is 0 Å². The van der Waals surface area contributed by atoms with Crippen LogP contribution in [-0.2, 0) is 20.3 Å². The molecule has 1 saturated heterocycles. The van der Waals surface area contributed by atoms with Crippen molar-refractivity contribution in [2.45, 2.75) is 30.9 Å². The fraction of sp³-hybridized carbons (Fsp3) is 0.900. The second kappa shape index (κ2) is 4.22. The highest BCUT2D eigenvalue weighted by molar-refractivity contribution is 7.85. The minimum absolute atomic E-state index is 0.135. The van der Waals surface area contributed by atoms with Crippen LogP contribution < -0.4 is 0 Å². The summed E-state index contributed by atoms with van der Waals surface area (Å²) in [5.41, 5.74) is -0.153. The van der Waals surface area contributed by atoms with E-state index in [-0.39, 0.29) is 17.1 Å². The highest BCUT2D eigenvalue weighted by Gasteiger charge is 2.46. The van der Waals surface area contributed by atoms with E-state index in [1.807, 2.05) is 0 Å². The number of carboxylic acid groups (broad SMARTS) is 1. The summed E-state index contributed by atoms with van der Waals surface area (Å²) in [4.78, 5) is 10.6. The number of carboxylic acids is 1. The zero-order valence-corrected chi connectivity index (χ0v) is 9.42. The second-order valence-corrected chi connectivity index (χ2v) is 6.30. The van der Waals surface area contributed by atoms with Crippen molar-refractivity contribution in [3.05, 3.63) is 0 Å². The molecule has 2 rings (SSSR count). The van der Waals surface area contributed by atoms with Gasteiger partial charge in [-0.25, -0.2) is 0 Å². The third-order valence-electron chi connectivity index (χ3n) is 3.19. The van der Waals surface area contributed by atoms with Gasteiger partial charge in [0.2, 0.25) is 0 Å². The smallest absolute Gasteiger partial charge is 0.303 e. The van der Waals surface area contributed by atoms with Gasteiger partial charge in [0.1, 0.15) is 0 Å². The maximum Gasteiger partial charge on any atom is 0.303 e. The summed E-state index contributed by atoms with van der Waals surface area (Å²) in [5.74, 6) is -0.222. The van der Waals surface area contributed by atoms with Gasteiger partial charge in [0.15, 0.2) is 0 Å². The number of carbonyl (C=O) groups is 1. The van der Waals surface area contributed by atoms with Gasteiger partial charge in [0, 0.05) is 23.2 Å². The minimum Gasteiger partial charge on any atom is -0.481 e. The Labute approximate surface area is 91.5 Å². The lowest BCUT2D eigenvalue weighted by molar-refractivity contribution is -0.138. The van der Waals surface area contributed by atoms with E-state index >= 15 is 0 Å². The van der Waals surface area contributed by atoms with E-state index in [9.17, 15) is 9.00 Å². The van der Waals surface area contributed by atoms with Crippen LogP contribution in [0.15, 0.2) is 0 Å². The van der Waals surface area contributed by atoms with Crippen molar-refractivity contribution < 1.29 is 18.8 Å². The van der Waals surface area contributed by atoms with Gasteiger partial charge in [-0.1, -0.05) is 0 Å². The van der Waals surface area contributed by atoms with Crippen LogP contribution >= 0.6 is 0 Å². The summed E-state index contributed by atoms with van der Waals surface area (Å²) in [6, 6.07) is 0. The van der Waals surface area contributed by atoms with E-state index in [1.54, 1.807) is 0 Å². The molecule has 1 heterocycles. The number of aliphatic carboxylic acids is 1. The quantitative estimate of drug-likeness (QED) is 0.760. The predicted molar refractivity (Wildman–Crippen MR) is 56.2 cm³/mol. The molecule has 1 saturated carbocycles. The van der Waals surface area contributed by atoms with Crippen molar-refractivity contribution in [1.82, 2.24) is 0 Å². The van der Waals surface area contributed by atoms with Gasteiger partial charge in [-0.3, -0.25) is 9.00 Å². The Kier molecular flexibility index (Phi) is 3.11. The lowest BCUT2D eigenvalue weighted by Gasteiger charge is -2.14. The zero-order chi connectivity index (χ0) is 10.9. The molecule has 0 amide bonds. The largest absolute Gasteiger partial charge is 0.481 e. The van der Waals surface area contributed by atoms with Crippen molar-refractivity contribution in [2.24, 2.45) is 5.41 Å². The Morgan fingerprint density at radius 1 is 1.53 bits per heavy atom. The first kappa shape index (κ1) is 11.1. The molecule has 0 aromatic heterocycles. The van der Waals surface area contributed by atoms with Gasteiger partial charge in [0.05, 0.1) is 18.3 Å². The molecule has 0 aromatic carbocycles. The molecule has 0 radical (unpaired) electrons. The van der Waals surface area contributed by atoms with Crippen molar-refractivity contribution in [2.75, 3.05) is 19.0 Å². The number of hydrogen-bond acceptors (Lipinski definition) is 3. The van der Waals surface area contributed by atoms with Crippen LogP contribution in [0.2, 0.25) is 0 Å². The van der Waals surface area contributed by atoms with Crippen molar-refractivity contribution in [3.63, 3.8) is 0 Å². The van der Waals surface area contributed by atoms with Crippen LogP contribution in [0, 0.1) is 5.41 Å². The van der Waals surface area contributed by atoms with E-state index in [0.29, 0.717) is 19.0 Å². The second-order valence-electron chi connectivity index (χ2n) is 4.58. The molecule has 4 nitrogen and oxygen atoms in total. The first-order valence-electron chi connectivity index (χ1n) is 5.28. The number of ether oxygens (including phenoxy) is 1. The molecule has 0 spiro atoms. The average molecular weight is 232 g/mol. The molecule has 15 heavy (non-hydrogen) atoms. The Morgan fingerprint density at radius 3 is 2.73 bits per heavy atom. The maximum atomic E-state index is 11.9. The fourth-order valence-electron chi connectivity index (χ4n) is 2.01. The van der Waals surface area contributed by atoms with Crippen LogP contribution in [0.1, 0.15) is 25.7 Å².